The van der Waals surface area contributed by atoms with Gasteiger partial charge in [0.1, 0.15) is 0 Å². The molecule has 1 aromatic heterocycles. The predicted molar refractivity (Wildman–Crippen MR) is 83.3 cm³/mol. The second-order valence-corrected chi connectivity index (χ2v) is 6.19. The molecule has 0 spiro atoms. The number of hydrogen-bond donors (Lipinski definition) is 3. The van der Waals surface area contributed by atoms with Crippen LogP contribution in [0.15, 0.2) is 16.8 Å². The molecule has 0 bridgehead atoms. The first-order valence-electron chi connectivity index (χ1n) is 6.32. The monoisotopic (exact) mass is 316 g/mol. The molecule has 0 aromatic carbocycles. The van der Waals surface area contributed by atoms with Crippen LogP contribution in [0.5, 0.6) is 0 Å². The number of carbonyl (C=O) groups excluding carboxylic acids is 2. The van der Waals surface area contributed by atoms with Crippen LogP contribution in [0.25, 0.3) is 0 Å². The molecule has 20 heavy (non-hydrogen) atoms. The number of rotatable bonds is 8. The largest absolute Gasteiger partial charge is 0.395 e. The van der Waals surface area contributed by atoms with Gasteiger partial charge >= 0.3 is 0 Å². The van der Waals surface area contributed by atoms with Crippen LogP contribution in [-0.2, 0) is 4.79 Å². The average molecular weight is 316 g/mol. The molecule has 0 fully saturated rings. The van der Waals surface area contributed by atoms with Gasteiger partial charge in [-0.1, -0.05) is 0 Å². The lowest BCUT2D eigenvalue weighted by Crippen LogP contribution is -2.42. The maximum atomic E-state index is 11.7. The standard InChI is InChI=1S/C13H20N2O3S2/c1-9(11(7-16)19-2)15-12(17)3-5-14-13(18)10-4-6-20-8-10/h4,6,8-9,11,16H,3,5,7H2,1-2H3,(H,14,18)(H,15,17). The van der Waals surface area contributed by atoms with Gasteiger partial charge in [-0.3, -0.25) is 9.59 Å². The lowest BCUT2D eigenvalue weighted by atomic mass is 10.2. The molecule has 1 aromatic rings. The molecule has 0 radical (unpaired) electrons. The Kier molecular flexibility index (Phi) is 7.64. The molecule has 1 heterocycles. The summed E-state index contributed by atoms with van der Waals surface area (Å²) >= 11 is 2.97. The highest BCUT2D eigenvalue weighted by atomic mass is 32.2. The summed E-state index contributed by atoms with van der Waals surface area (Å²) in [6.07, 6.45) is 2.12. The van der Waals surface area contributed by atoms with E-state index >= 15 is 0 Å². The van der Waals surface area contributed by atoms with Crippen molar-refractivity contribution in [2.45, 2.75) is 24.6 Å². The first-order valence-corrected chi connectivity index (χ1v) is 8.55. The normalized spacial score (nSPS) is 13.6. The number of nitrogens with one attached hydrogen (secondary N) is 2. The Bertz CT molecular complexity index is 419. The fourth-order valence-electron chi connectivity index (χ4n) is 1.64. The molecular formula is C13H20N2O3S2. The summed E-state index contributed by atoms with van der Waals surface area (Å²) in [5.74, 6) is -0.292. The van der Waals surface area contributed by atoms with Gasteiger partial charge < -0.3 is 15.7 Å². The van der Waals surface area contributed by atoms with E-state index < -0.39 is 0 Å². The minimum absolute atomic E-state index is 0.0145. The van der Waals surface area contributed by atoms with Crippen LogP contribution < -0.4 is 10.6 Å². The first-order chi connectivity index (χ1) is 9.58. The lowest BCUT2D eigenvalue weighted by Gasteiger charge is -2.21. The molecule has 3 N–H and O–H groups in total. The summed E-state index contributed by atoms with van der Waals surface area (Å²) in [6.45, 7) is 2.19. The third kappa shape index (κ3) is 5.52. The molecule has 2 amide bonds. The Morgan fingerprint density at radius 1 is 1.50 bits per heavy atom. The molecule has 0 saturated carbocycles. The zero-order chi connectivity index (χ0) is 15.0. The maximum Gasteiger partial charge on any atom is 0.252 e. The number of aliphatic hydroxyl groups is 1. The summed E-state index contributed by atoms with van der Waals surface area (Å²) in [7, 11) is 0. The number of hydrogen-bond acceptors (Lipinski definition) is 5. The van der Waals surface area contributed by atoms with Crippen LogP contribution in [-0.4, -0.2) is 47.6 Å². The van der Waals surface area contributed by atoms with E-state index in [0.29, 0.717) is 12.1 Å². The molecule has 5 nitrogen and oxygen atoms in total. The average Bonchev–Trinajstić information content (AvgIpc) is 2.93. The Hall–Kier alpha value is -1.05. The fourth-order valence-corrected chi connectivity index (χ4v) is 2.90. The van der Waals surface area contributed by atoms with Crippen LogP contribution in [0.1, 0.15) is 23.7 Å². The summed E-state index contributed by atoms with van der Waals surface area (Å²) in [4.78, 5) is 23.3. The predicted octanol–water partition coefficient (Wildman–Crippen LogP) is 1.10. The Labute approximate surface area is 127 Å². The Morgan fingerprint density at radius 2 is 2.25 bits per heavy atom. The van der Waals surface area contributed by atoms with E-state index in [1.54, 1.807) is 11.4 Å². The van der Waals surface area contributed by atoms with Gasteiger partial charge in [0.15, 0.2) is 0 Å². The van der Waals surface area contributed by atoms with Crippen molar-refractivity contribution in [3.63, 3.8) is 0 Å². The van der Waals surface area contributed by atoms with Crippen LogP contribution in [0.4, 0.5) is 0 Å². The van der Waals surface area contributed by atoms with Crippen LogP contribution in [0.3, 0.4) is 0 Å². The summed E-state index contributed by atoms with van der Waals surface area (Å²) < 4.78 is 0. The number of aliphatic hydroxyl groups excluding tert-OH is 1. The van der Waals surface area contributed by atoms with Gasteiger partial charge in [0.25, 0.3) is 5.91 Å². The lowest BCUT2D eigenvalue weighted by molar-refractivity contribution is -0.121. The molecule has 0 saturated heterocycles. The minimum atomic E-state index is -0.163. The zero-order valence-corrected chi connectivity index (χ0v) is 13.2. The second kappa shape index (κ2) is 8.99. The highest BCUT2D eigenvalue weighted by Gasteiger charge is 2.17. The van der Waals surface area contributed by atoms with E-state index in [1.807, 2.05) is 18.6 Å². The van der Waals surface area contributed by atoms with Crippen molar-refractivity contribution in [2.75, 3.05) is 19.4 Å². The molecule has 2 atom stereocenters. The van der Waals surface area contributed by atoms with E-state index in [9.17, 15) is 9.59 Å². The van der Waals surface area contributed by atoms with Crippen LogP contribution in [0, 0.1) is 0 Å². The summed E-state index contributed by atoms with van der Waals surface area (Å²) in [5, 5.41) is 18.2. The number of carbonyl (C=O) groups is 2. The zero-order valence-electron chi connectivity index (χ0n) is 11.6. The van der Waals surface area contributed by atoms with Crippen molar-refractivity contribution in [3.05, 3.63) is 22.4 Å². The molecule has 7 heteroatoms. The van der Waals surface area contributed by atoms with Crippen LogP contribution in [0.2, 0.25) is 0 Å². The SMILES string of the molecule is CSC(CO)C(C)NC(=O)CCNC(=O)c1ccsc1. The first kappa shape index (κ1) is 17.0. The second-order valence-electron chi connectivity index (χ2n) is 4.33. The van der Waals surface area contributed by atoms with Gasteiger partial charge in [0.05, 0.1) is 6.61 Å². The van der Waals surface area contributed by atoms with Gasteiger partial charge in [-0.25, -0.2) is 0 Å². The molecule has 112 valence electrons. The van der Waals surface area contributed by atoms with Gasteiger partial charge in [-0.15, -0.1) is 0 Å². The molecule has 2 unspecified atom stereocenters. The van der Waals surface area contributed by atoms with Crippen molar-refractivity contribution in [1.82, 2.24) is 10.6 Å². The van der Waals surface area contributed by atoms with Crippen molar-refractivity contribution in [2.24, 2.45) is 0 Å². The van der Waals surface area contributed by atoms with Crippen molar-refractivity contribution in [1.29, 1.82) is 0 Å². The Morgan fingerprint density at radius 3 is 2.80 bits per heavy atom. The van der Waals surface area contributed by atoms with Crippen molar-refractivity contribution in [3.8, 4) is 0 Å². The van der Waals surface area contributed by atoms with Gasteiger partial charge in [-0.2, -0.15) is 23.1 Å². The smallest absolute Gasteiger partial charge is 0.252 e. The van der Waals surface area contributed by atoms with Crippen molar-refractivity contribution >= 4 is 34.9 Å². The number of thiophene rings is 1. The molecule has 1 rings (SSSR count). The highest BCUT2D eigenvalue weighted by Crippen LogP contribution is 2.10. The molecule has 0 aliphatic heterocycles. The third-order valence-electron chi connectivity index (χ3n) is 2.85. The maximum absolute atomic E-state index is 11.7. The van der Waals surface area contributed by atoms with E-state index in [4.69, 9.17) is 5.11 Å². The topological polar surface area (TPSA) is 78.4 Å². The molecule has 0 aliphatic carbocycles. The van der Waals surface area contributed by atoms with Crippen LogP contribution >= 0.6 is 23.1 Å². The Balaban J connectivity index is 2.25. The van der Waals surface area contributed by atoms with E-state index in [-0.39, 0.29) is 36.1 Å². The number of thioether (sulfide) groups is 1. The minimum Gasteiger partial charge on any atom is -0.395 e. The van der Waals surface area contributed by atoms with Crippen molar-refractivity contribution < 1.29 is 14.7 Å². The molecular weight excluding hydrogens is 296 g/mol. The third-order valence-corrected chi connectivity index (χ3v) is 4.70. The van der Waals surface area contributed by atoms with E-state index in [2.05, 4.69) is 10.6 Å². The van der Waals surface area contributed by atoms with Gasteiger partial charge in [0, 0.05) is 35.2 Å². The van der Waals surface area contributed by atoms with Gasteiger partial charge in [0.2, 0.25) is 5.91 Å². The van der Waals surface area contributed by atoms with Gasteiger partial charge in [-0.05, 0) is 24.6 Å². The summed E-state index contributed by atoms with van der Waals surface area (Å²) in [6, 6.07) is 1.64. The highest BCUT2D eigenvalue weighted by molar-refractivity contribution is 7.99. The van der Waals surface area contributed by atoms with E-state index in [0.717, 1.165) is 0 Å². The summed E-state index contributed by atoms with van der Waals surface area (Å²) in [5.41, 5.74) is 0.617. The fraction of sp³-hybridized carbons (Fsp3) is 0.538. The molecule has 0 aliphatic rings. The quantitative estimate of drug-likeness (QED) is 0.671. The number of amides is 2. The van der Waals surface area contributed by atoms with E-state index in [1.165, 1.54) is 23.1 Å².